The number of para-hydroxylation sites is 1. The van der Waals surface area contributed by atoms with Gasteiger partial charge in [0, 0.05) is 25.2 Å². The summed E-state index contributed by atoms with van der Waals surface area (Å²) in [4.78, 5) is 40.6. The Hall–Kier alpha value is -2.37. The molecule has 4 amide bonds. The van der Waals surface area contributed by atoms with Gasteiger partial charge in [0.25, 0.3) is 5.91 Å². The Morgan fingerprint density at radius 2 is 1.88 bits per heavy atom. The second-order valence-corrected chi connectivity index (χ2v) is 7.56. The summed E-state index contributed by atoms with van der Waals surface area (Å²) in [6.07, 6.45) is 6.25. The molecule has 6 heteroatoms. The standard InChI is InChI=1S/C20H25N3O3/c24-17(22-13-5-8-15-7-1-2-9-16(15)22)10-6-14-23-18(25)20(21-19(23)26)11-3-4-12-20/h1-2,7,9H,3-6,8,10-14H2,(H,21,26). The molecule has 1 aromatic carbocycles. The van der Waals surface area contributed by atoms with E-state index in [-0.39, 0.29) is 17.8 Å². The number of imide groups is 1. The van der Waals surface area contributed by atoms with E-state index in [1.807, 2.05) is 23.1 Å². The topological polar surface area (TPSA) is 69.7 Å². The highest BCUT2D eigenvalue weighted by Crippen LogP contribution is 2.35. The number of hydrogen-bond donors (Lipinski definition) is 1. The van der Waals surface area contributed by atoms with Crippen LogP contribution in [0.4, 0.5) is 10.5 Å². The first kappa shape index (κ1) is 17.1. The fourth-order valence-electron chi connectivity index (χ4n) is 4.51. The maximum absolute atomic E-state index is 12.7. The molecule has 2 fully saturated rings. The SMILES string of the molecule is O=C1NC2(CCCC2)C(=O)N1CCCC(=O)N1CCCc2ccccc21. The van der Waals surface area contributed by atoms with Crippen molar-refractivity contribution in [3.63, 3.8) is 0 Å². The molecular formula is C20H25N3O3. The zero-order chi connectivity index (χ0) is 18.1. The minimum Gasteiger partial charge on any atom is -0.323 e. The molecule has 4 rings (SSSR count). The van der Waals surface area contributed by atoms with E-state index in [0.717, 1.165) is 50.8 Å². The molecule has 1 aliphatic carbocycles. The van der Waals surface area contributed by atoms with Crippen LogP contribution in [-0.4, -0.2) is 41.4 Å². The zero-order valence-corrected chi connectivity index (χ0v) is 15.0. The first-order chi connectivity index (χ1) is 12.6. The smallest absolute Gasteiger partial charge is 0.323 e. The number of hydrogen-bond acceptors (Lipinski definition) is 3. The summed E-state index contributed by atoms with van der Waals surface area (Å²) in [7, 11) is 0. The van der Waals surface area contributed by atoms with Crippen LogP contribution in [0.5, 0.6) is 0 Å². The van der Waals surface area contributed by atoms with Crippen LogP contribution in [0.25, 0.3) is 0 Å². The first-order valence-electron chi connectivity index (χ1n) is 9.63. The van der Waals surface area contributed by atoms with Gasteiger partial charge in [0.05, 0.1) is 0 Å². The summed E-state index contributed by atoms with van der Waals surface area (Å²) in [5, 5.41) is 2.89. The molecule has 0 bridgehead atoms. The lowest BCUT2D eigenvalue weighted by molar-refractivity contribution is -0.131. The van der Waals surface area contributed by atoms with Gasteiger partial charge in [-0.1, -0.05) is 31.0 Å². The molecular weight excluding hydrogens is 330 g/mol. The molecule has 1 saturated heterocycles. The maximum atomic E-state index is 12.7. The minimum absolute atomic E-state index is 0.0692. The predicted molar refractivity (Wildman–Crippen MR) is 97.8 cm³/mol. The van der Waals surface area contributed by atoms with Crippen LogP contribution in [-0.2, 0) is 16.0 Å². The van der Waals surface area contributed by atoms with Gasteiger partial charge in [-0.3, -0.25) is 14.5 Å². The third kappa shape index (κ3) is 2.87. The van der Waals surface area contributed by atoms with Gasteiger partial charge in [-0.15, -0.1) is 0 Å². The van der Waals surface area contributed by atoms with Crippen LogP contribution in [0.1, 0.15) is 50.5 Å². The van der Waals surface area contributed by atoms with Gasteiger partial charge >= 0.3 is 6.03 Å². The minimum atomic E-state index is -0.660. The third-order valence-corrected chi connectivity index (χ3v) is 5.89. The van der Waals surface area contributed by atoms with E-state index < -0.39 is 5.54 Å². The maximum Gasteiger partial charge on any atom is 0.325 e. The molecule has 138 valence electrons. The second-order valence-electron chi connectivity index (χ2n) is 7.56. The highest BCUT2D eigenvalue weighted by atomic mass is 16.2. The van der Waals surface area contributed by atoms with Crippen LogP contribution < -0.4 is 10.2 Å². The van der Waals surface area contributed by atoms with Gasteiger partial charge in [0.2, 0.25) is 5.91 Å². The van der Waals surface area contributed by atoms with Gasteiger partial charge in [-0.2, -0.15) is 0 Å². The normalized spacial score (nSPS) is 21.2. The molecule has 0 atom stereocenters. The molecule has 1 spiro atoms. The van der Waals surface area contributed by atoms with E-state index in [2.05, 4.69) is 11.4 Å². The van der Waals surface area contributed by atoms with Gasteiger partial charge < -0.3 is 10.2 Å². The Labute approximate surface area is 153 Å². The first-order valence-corrected chi connectivity index (χ1v) is 9.63. The zero-order valence-electron chi connectivity index (χ0n) is 15.0. The number of amides is 4. The molecule has 1 saturated carbocycles. The molecule has 3 aliphatic rings. The Morgan fingerprint density at radius 1 is 1.12 bits per heavy atom. The van der Waals surface area contributed by atoms with Crippen LogP contribution in [0.3, 0.4) is 0 Å². The molecule has 26 heavy (non-hydrogen) atoms. The Balaban J connectivity index is 1.35. The van der Waals surface area contributed by atoms with Crippen molar-refractivity contribution in [2.75, 3.05) is 18.0 Å². The fourth-order valence-corrected chi connectivity index (χ4v) is 4.51. The van der Waals surface area contributed by atoms with E-state index >= 15 is 0 Å². The Kier molecular flexibility index (Phi) is 4.42. The predicted octanol–water partition coefficient (Wildman–Crippen LogP) is 2.61. The number of urea groups is 1. The highest BCUT2D eigenvalue weighted by Gasteiger charge is 2.52. The van der Waals surface area contributed by atoms with Gasteiger partial charge in [0.15, 0.2) is 0 Å². The van der Waals surface area contributed by atoms with Crippen molar-refractivity contribution in [3.05, 3.63) is 29.8 Å². The quantitative estimate of drug-likeness (QED) is 0.844. The van der Waals surface area contributed by atoms with E-state index in [9.17, 15) is 14.4 Å². The number of carbonyl (C=O) groups excluding carboxylic acids is 3. The number of nitrogens with one attached hydrogen (secondary N) is 1. The van der Waals surface area contributed by atoms with Crippen molar-refractivity contribution in [3.8, 4) is 0 Å². The summed E-state index contributed by atoms with van der Waals surface area (Å²) >= 11 is 0. The number of aryl methyl sites for hydroxylation is 1. The van der Waals surface area contributed by atoms with E-state index in [1.165, 1.54) is 10.5 Å². The van der Waals surface area contributed by atoms with E-state index in [0.29, 0.717) is 19.4 Å². The lowest BCUT2D eigenvalue weighted by atomic mass is 9.98. The monoisotopic (exact) mass is 355 g/mol. The van der Waals surface area contributed by atoms with Crippen molar-refractivity contribution < 1.29 is 14.4 Å². The number of carbonyl (C=O) groups is 3. The Bertz CT molecular complexity index is 740. The number of nitrogens with zero attached hydrogens (tertiary/aromatic N) is 2. The molecule has 0 unspecified atom stereocenters. The fraction of sp³-hybridized carbons (Fsp3) is 0.550. The van der Waals surface area contributed by atoms with Crippen molar-refractivity contribution in [2.45, 2.75) is 56.9 Å². The summed E-state index contributed by atoms with van der Waals surface area (Å²) in [5.41, 5.74) is 1.56. The number of benzene rings is 1. The summed E-state index contributed by atoms with van der Waals surface area (Å²) in [5.74, 6) is -0.0319. The molecule has 2 heterocycles. The number of anilines is 1. The van der Waals surface area contributed by atoms with Crippen molar-refractivity contribution in [2.24, 2.45) is 0 Å². The van der Waals surface area contributed by atoms with Crippen LogP contribution in [0, 0.1) is 0 Å². The summed E-state index contributed by atoms with van der Waals surface area (Å²) in [6, 6.07) is 7.73. The second kappa shape index (κ2) is 6.74. The number of rotatable bonds is 4. The molecule has 0 radical (unpaired) electrons. The van der Waals surface area contributed by atoms with Crippen molar-refractivity contribution >= 4 is 23.5 Å². The molecule has 1 aromatic rings. The molecule has 0 aromatic heterocycles. The van der Waals surface area contributed by atoms with E-state index in [1.54, 1.807) is 0 Å². The molecule has 2 aliphatic heterocycles. The summed E-state index contributed by atoms with van der Waals surface area (Å²) in [6.45, 7) is 1.05. The largest absolute Gasteiger partial charge is 0.325 e. The van der Waals surface area contributed by atoms with Crippen LogP contribution >= 0.6 is 0 Å². The highest BCUT2D eigenvalue weighted by molar-refractivity contribution is 6.07. The van der Waals surface area contributed by atoms with Gasteiger partial charge in [-0.05, 0) is 43.7 Å². The number of fused-ring (bicyclic) bond motifs is 1. The lowest BCUT2D eigenvalue weighted by Gasteiger charge is -2.29. The average molecular weight is 355 g/mol. The third-order valence-electron chi connectivity index (χ3n) is 5.89. The lowest BCUT2D eigenvalue weighted by Crippen LogP contribution is -2.44. The van der Waals surface area contributed by atoms with Gasteiger partial charge in [0.1, 0.15) is 5.54 Å². The Morgan fingerprint density at radius 3 is 2.69 bits per heavy atom. The van der Waals surface area contributed by atoms with Crippen molar-refractivity contribution in [1.29, 1.82) is 0 Å². The summed E-state index contributed by atoms with van der Waals surface area (Å²) < 4.78 is 0. The molecule has 6 nitrogen and oxygen atoms in total. The van der Waals surface area contributed by atoms with Crippen LogP contribution in [0.15, 0.2) is 24.3 Å². The van der Waals surface area contributed by atoms with Gasteiger partial charge in [-0.25, -0.2) is 4.79 Å². The molecule has 1 N–H and O–H groups in total. The van der Waals surface area contributed by atoms with E-state index in [4.69, 9.17) is 0 Å². The average Bonchev–Trinajstić information content (AvgIpc) is 3.21. The van der Waals surface area contributed by atoms with Crippen molar-refractivity contribution in [1.82, 2.24) is 10.2 Å². The van der Waals surface area contributed by atoms with Crippen LogP contribution in [0.2, 0.25) is 0 Å².